The van der Waals surface area contributed by atoms with Crippen LogP contribution in [-0.4, -0.2) is 26.2 Å². The van der Waals surface area contributed by atoms with Crippen molar-refractivity contribution >= 4 is 29.3 Å². The molecule has 0 amide bonds. The van der Waals surface area contributed by atoms with Gasteiger partial charge in [0.2, 0.25) is 0 Å². The van der Waals surface area contributed by atoms with Crippen molar-refractivity contribution in [2.24, 2.45) is 0 Å². The van der Waals surface area contributed by atoms with Gasteiger partial charge in [-0.15, -0.1) is 0 Å². The lowest BCUT2D eigenvalue weighted by Crippen LogP contribution is -2.08. The number of nitrogens with two attached hydrogens (primary N) is 1. The van der Waals surface area contributed by atoms with Crippen LogP contribution in [0.2, 0.25) is 0 Å². The number of nitrogens with one attached hydrogen (secondary N) is 1. The lowest BCUT2D eigenvalue weighted by molar-refractivity contribution is 0.877. The highest BCUT2D eigenvalue weighted by Gasteiger charge is 2.06. The number of aryl methyl sites for hydroxylation is 1. The van der Waals surface area contributed by atoms with E-state index in [1.165, 1.54) is 29.6 Å². The summed E-state index contributed by atoms with van der Waals surface area (Å²) in [6, 6.07) is 3.08. The Morgan fingerprint density at radius 2 is 2.06 bits per heavy atom. The Hall–Kier alpha value is -1.54. The summed E-state index contributed by atoms with van der Waals surface area (Å²) in [6.45, 7) is 1.76. The van der Waals surface area contributed by atoms with Gasteiger partial charge in [-0.3, -0.25) is 4.79 Å². The van der Waals surface area contributed by atoms with Crippen LogP contribution in [0.5, 0.6) is 0 Å². The van der Waals surface area contributed by atoms with Gasteiger partial charge in [-0.1, -0.05) is 11.8 Å². The highest BCUT2D eigenvalue weighted by Crippen LogP contribution is 2.24. The fourth-order valence-corrected chi connectivity index (χ4v) is 2.56. The van der Waals surface area contributed by atoms with Crippen LogP contribution in [0.15, 0.2) is 32.3 Å². The van der Waals surface area contributed by atoms with Gasteiger partial charge in [-0.2, -0.15) is 0 Å². The van der Waals surface area contributed by atoms with E-state index in [1.54, 1.807) is 13.0 Å². The molecule has 2 heterocycles. The van der Waals surface area contributed by atoms with Gasteiger partial charge < -0.3 is 10.7 Å². The van der Waals surface area contributed by atoms with Gasteiger partial charge in [-0.25, -0.2) is 15.0 Å². The van der Waals surface area contributed by atoms with Crippen LogP contribution in [0.3, 0.4) is 0 Å². The lowest BCUT2D eigenvalue weighted by atomic mass is 10.5. The molecular formula is C10H11N5OS2. The number of H-pyrrole nitrogens is 1. The number of hydrogen-bond donors (Lipinski definition) is 2. The van der Waals surface area contributed by atoms with E-state index in [4.69, 9.17) is 5.73 Å². The van der Waals surface area contributed by atoms with Crippen LogP contribution in [-0.2, 0) is 0 Å². The molecule has 0 aliphatic rings. The van der Waals surface area contributed by atoms with Crippen LogP contribution in [0.4, 0.5) is 5.82 Å². The molecule has 2 rings (SSSR count). The van der Waals surface area contributed by atoms with Crippen LogP contribution in [0.1, 0.15) is 5.69 Å². The smallest absolute Gasteiger partial charge is 0.251 e. The van der Waals surface area contributed by atoms with E-state index in [1.807, 2.05) is 6.26 Å². The van der Waals surface area contributed by atoms with Gasteiger partial charge in [0, 0.05) is 17.8 Å². The Bertz CT molecular complexity index is 628. The molecule has 94 valence electrons. The fourth-order valence-electron chi connectivity index (χ4n) is 1.26. The number of rotatable bonds is 3. The zero-order valence-corrected chi connectivity index (χ0v) is 11.4. The summed E-state index contributed by atoms with van der Waals surface area (Å²) >= 11 is 2.65. The topological polar surface area (TPSA) is 97.5 Å². The quantitative estimate of drug-likeness (QED) is 0.497. The summed E-state index contributed by atoms with van der Waals surface area (Å²) in [5, 5.41) is 1.73. The van der Waals surface area contributed by atoms with Crippen molar-refractivity contribution in [2.75, 3.05) is 12.0 Å². The van der Waals surface area contributed by atoms with Gasteiger partial charge in [0.1, 0.15) is 10.8 Å². The van der Waals surface area contributed by atoms with Gasteiger partial charge in [0.05, 0.1) is 0 Å². The Balaban J connectivity index is 2.33. The molecule has 3 N–H and O–H groups in total. The van der Waals surface area contributed by atoms with Crippen LogP contribution in [0.25, 0.3) is 0 Å². The average Bonchev–Trinajstić information content (AvgIpc) is 2.26. The monoisotopic (exact) mass is 281 g/mol. The van der Waals surface area contributed by atoms with Crippen LogP contribution in [0, 0.1) is 6.92 Å². The van der Waals surface area contributed by atoms with E-state index in [2.05, 4.69) is 19.9 Å². The molecule has 2 aromatic rings. The van der Waals surface area contributed by atoms with Crippen molar-refractivity contribution in [3.8, 4) is 0 Å². The summed E-state index contributed by atoms with van der Waals surface area (Å²) in [7, 11) is 0. The van der Waals surface area contributed by atoms with E-state index >= 15 is 0 Å². The summed E-state index contributed by atoms with van der Waals surface area (Å²) in [4.78, 5) is 26.5. The second kappa shape index (κ2) is 5.40. The highest BCUT2D eigenvalue weighted by atomic mass is 32.2. The van der Waals surface area contributed by atoms with E-state index < -0.39 is 0 Å². The normalized spacial score (nSPS) is 10.6. The number of nitrogen functional groups attached to an aromatic ring is 1. The van der Waals surface area contributed by atoms with Crippen molar-refractivity contribution in [2.45, 2.75) is 22.3 Å². The molecule has 0 radical (unpaired) electrons. The average molecular weight is 281 g/mol. The van der Waals surface area contributed by atoms with E-state index in [-0.39, 0.29) is 5.56 Å². The molecule has 0 saturated heterocycles. The fraction of sp³-hybridized carbons (Fsp3) is 0.200. The number of aromatic nitrogens is 4. The first-order valence-electron chi connectivity index (χ1n) is 5.01. The van der Waals surface area contributed by atoms with Crippen molar-refractivity contribution in [3.05, 3.63) is 28.2 Å². The van der Waals surface area contributed by atoms with Crippen LogP contribution >= 0.6 is 23.5 Å². The Morgan fingerprint density at radius 1 is 1.28 bits per heavy atom. The minimum atomic E-state index is -0.183. The van der Waals surface area contributed by atoms with E-state index in [0.29, 0.717) is 26.9 Å². The minimum absolute atomic E-state index is 0.183. The highest BCUT2D eigenvalue weighted by molar-refractivity contribution is 7.99. The Kier molecular flexibility index (Phi) is 3.87. The third-order valence-corrected chi connectivity index (χ3v) is 3.29. The third kappa shape index (κ3) is 3.23. The molecule has 0 aliphatic heterocycles. The molecule has 0 aromatic carbocycles. The van der Waals surface area contributed by atoms with Gasteiger partial charge in [0.25, 0.3) is 5.56 Å². The van der Waals surface area contributed by atoms with Gasteiger partial charge in [-0.05, 0) is 24.9 Å². The molecule has 2 aromatic heterocycles. The van der Waals surface area contributed by atoms with Crippen LogP contribution < -0.4 is 11.3 Å². The molecule has 8 heteroatoms. The third-order valence-electron chi connectivity index (χ3n) is 1.93. The minimum Gasteiger partial charge on any atom is -0.384 e. The first-order chi connectivity index (χ1) is 8.56. The summed E-state index contributed by atoms with van der Waals surface area (Å²) in [5.41, 5.74) is 6.16. The maximum Gasteiger partial charge on any atom is 0.251 e. The SMILES string of the molecule is CSc1nc(N)cc(Sc2nc(C)cc(=O)[nH]2)n1. The molecule has 0 saturated carbocycles. The maximum absolute atomic E-state index is 11.3. The Morgan fingerprint density at radius 3 is 2.72 bits per heavy atom. The number of thioether (sulfide) groups is 1. The largest absolute Gasteiger partial charge is 0.384 e. The van der Waals surface area contributed by atoms with Crippen molar-refractivity contribution < 1.29 is 0 Å². The predicted octanol–water partition coefficient (Wildman–Crippen LogP) is 1.32. The zero-order chi connectivity index (χ0) is 13.1. The number of anilines is 1. The number of aromatic amines is 1. The molecule has 0 bridgehead atoms. The standard InChI is InChI=1S/C10H11N5OS2/c1-5-3-7(16)14-10(12-5)18-8-4-6(11)13-9(15-8)17-2/h3-4H,1-2H3,(H2,11,13,15)(H,12,14,16). The molecule has 0 atom stereocenters. The number of nitrogens with zero attached hydrogens (tertiary/aromatic N) is 3. The molecule has 6 nitrogen and oxygen atoms in total. The van der Waals surface area contributed by atoms with E-state index in [9.17, 15) is 4.79 Å². The van der Waals surface area contributed by atoms with Gasteiger partial charge >= 0.3 is 0 Å². The molecular weight excluding hydrogens is 270 g/mol. The van der Waals surface area contributed by atoms with Gasteiger partial charge in [0.15, 0.2) is 10.3 Å². The molecule has 0 aliphatic carbocycles. The molecule has 0 spiro atoms. The Labute approximate surface area is 112 Å². The predicted molar refractivity (Wildman–Crippen MR) is 71.9 cm³/mol. The second-order valence-electron chi connectivity index (χ2n) is 3.41. The molecule has 0 fully saturated rings. The summed E-state index contributed by atoms with van der Waals surface area (Å²) in [5.74, 6) is 0.395. The first-order valence-corrected chi connectivity index (χ1v) is 7.05. The summed E-state index contributed by atoms with van der Waals surface area (Å²) < 4.78 is 0. The van der Waals surface area contributed by atoms with Crippen molar-refractivity contribution in [1.82, 2.24) is 19.9 Å². The summed E-state index contributed by atoms with van der Waals surface area (Å²) in [6.07, 6.45) is 1.87. The molecule has 18 heavy (non-hydrogen) atoms. The van der Waals surface area contributed by atoms with Crippen molar-refractivity contribution in [1.29, 1.82) is 0 Å². The molecule has 0 unspecified atom stereocenters. The lowest BCUT2D eigenvalue weighted by Gasteiger charge is -2.03. The number of hydrogen-bond acceptors (Lipinski definition) is 7. The first kappa shape index (κ1) is 12.9. The zero-order valence-electron chi connectivity index (χ0n) is 9.80. The van der Waals surface area contributed by atoms with E-state index in [0.717, 1.165) is 0 Å². The van der Waals surface area contributed by atoms with Crippen molar-refractivity contribution in [3.63, 3.8) is 0 Å². The maximum atomic E-state index is 11.3. The second-order valence-corrected chi connectivity index (χ2v) is 5.19.